The Morgan fingerprint density at radius 1 is 1.03 bits per heavy atom. The van der Waals surface area contributed by atoms with Crippen molar-refractivity contribution in [3.05, 3.63) is 85.2 Å². The molecule has 1 aliphatic heterocycles. The molecule has 162 valence electrons. The number of amides is 1. The lowest BCUT2D eigenvalue weighted by Crippen LogP contribution is -2.29. The number of carbonyl (C=O) groups is 1. The summed E-state index contributed by atoms with van der Waals surface area (Å²) in [6, 6.07) is 11.1. The highest BCUT2D eigenvalue weighted by Gasteiger charge is 2.45. The molecule has 0 radical (unpaired) electrons. The van der Waals surface area contributed by atoms with E-state index in [9.17, 15) is 9.59 Å². The number of anilines is 1. The molecule has 5 rings (SSSR count). The zero-order valence-corrected chi connectivity index (χ0v) is 20.1. The molecule has 5 nitrogen and oxygen atoms in total. The van der Waals surface area contributed by atoms with Crippen molar-refractivity contribution in [3.8, 4) is 0 Å². The van der Waals surface area contributed by atoms with Gasteiger partial charge in [0, 0.05) is 9.77 Å². The van der Waals surface area contributed by atoms with Gasteiger partial charge in [0.25, 0.3) is 5.91 Å². The van der Waals surface area contributed by atoms with Crippen LogP contribution in [0.15, 0.2) is 50.5 Å². The van der Waals surface area contributed by atoms with Gasteiger partial charge in [0.2, 0.25) is 5.76 Å². The molecule has 0 saturated heterocycles. The molecule has 0 bridgehead atoms. The fourth-order valence-corrected chi connectivity index (χ4v) is 5.43. The number of thiazole rings is 1. The quantitative estimate of drug-likeness (QED) is 0.352. The van der Waals surface area contributed by atoms with Crippen molar-refractivity contribution < 1.29 is 9.21 Å². The lowest BCUT2D eigenvalue weighted by Gasteiger charge is -2.22. The van der Waals surface area contributed by atoms with E-state index in [1.54, 1.807) is 16.7 Å². The third kappa shape index (κ3) is 3.11. The van der Waals surface area contributed by atoms with Crippen LogP contribution in [0, 0.1) is 27.7 Å². The molecule has 0 spiro atoms. The average molecular weight is 463 g/mol. The number of benzene rings is 2. The largest absolute Gasteiger partial charge is 0.450 e. The van der Waals surface area contributed by atoms with Gasteiger partial charge < -0.3 is 4.42 Å². The number of aromatic nitrogens is 1. The van der Waals surface area contributed by atoms with Gasteiger partial charge >= 0.3 is 0 Å². The standard InChI is InChI=1S/C25H22N2O3S2/c1-12-10-18-19(11-13(12)2)30-23-20(22(18)28)21(16-6-8-17(31-5)9-7-16)27(24(23)29)25-26-14(3)15(4)32-25/h6-11,21H,1-5H3. The zero-order valence-electron chi connectivity index (χ0n) is 18.5. The molecule has 4 aromatic rings. The highest BCUT2D eigenvalue weighted by molar-refractivity contribution is 7.98. The number of carbonyl (C=O) groups excluding carboxylic acids is 1. The summed E-state index contributed by atoms with van der Waals surface area (Å²) in [4.78, 5) is 35.8. The first-order valence-electron chi connectivity index (χ1n) is 10.3. The Balaban J connectivity index is 1.81. The number of aryl methyl sites for hydroxylation is 4. The number of fused-ring (bicyclic) bond motifs is 2. The number of hydrogen-bond acceptors (Lipinski definition) is 6. The minimum Gasteiger partial charge on any atom is -0.450 e. The van der Waals surface area contributed by atoms with Crippen LogP contribution in [-0.2, 0) is 0 Å². The Bertz CT molecular complexity index is 1430. The van der Waals surface area contributed by atoms with E-state index in [4.69, 9.17) is 4.42 Å². The minimum absolute atomic E-state index is 0.107. The van der Waals surface area contributed by atoms with Crippen LogP contribution < -0.4 is 10.3 Å². The minimum atomic E-state index is -0.583. The molecule has 0 fully saturated rings. The van der Waals surface area contributed by atoms with Crippen molar-refractivity contribution in [2.45, 2.75) is 38.6 Å². The summed E-state index contributed by atoms with van der Waals surface area (Å²) < 4.78 is 6.10. The van der Waals surface area contributed by atoms with Crippen molar-refractivity contribution in [1.29, 1.82) is 0 Å². The van der Waals surface area contributed by atoms with E-state index in [0.717, 1.165) is 32.2 Å². The maximum absolute atomic E-state index is 13.7. The summed E-state index contributed by atoms with van der Waals surface area (Å²) >= 11 is 3.10. The first-order valence-corrected chi connectivity index (χ1v) is 12.3. The van der Waals surface area contributed by atoms with Gasteiger partial charge in [0.15, 0.2) is 10.6 Å². The average Bonchev–Trinajstić information content (AvgIpc) is 3.26. The summed E-state index contributed by atoms with van der Waals surface area (Å²) in [5.41, 5.74) is 4.42. The van der Waals surface area contributed by atoms with Crippen LogP contribution in [0.3, 0.4) is 0 Å². The van der Waals surface area contributed by atoms with Gasteiger partial charge in [0.1, 0.15) is 5.58 Å². The van der Waals surface area contributed by atoms with Crippen LogP contribution in [0.1, 0.15) is 49.4 Å². The van der Waals surface area contributed by atoms with E-state index in [1.807, 2.05) is 70.3 Å². The third-order valence-corrected chi connectivity index (χ3v) is 7.96. The molecule has 2 aromatic heterocycles. The highest BCUT2D eigenvalue weighted by atomic mass is 32.2. The second-order valence-electron chi connectivity index (χ2n) is 8.10. The van der Waals surface area contributed by atoms with Crippen molar-refractivity contribution in [3.63, 3.8) is 0 Å². The van der Waals surface area contributed by atoms with Crippen LogP contribution in [0.2, 0.25) is 0 Å². The van der Waals surface area contributed by atoms with Gasteiger partial charge in [-0.2, -0.15) is 0 Å². The molecule has 1 atom stereocenters. The Morgan fingerprint density at radius 2 is 1.72 bits per heavy atom. The van der Waals surface area contributed by atoms with Gasteiger partial charge in [-0.1, -0.05) is 12.1 Å². The number of thioether (sulfide) groups is 1. The highest BCUT2D eigenvalue weighted by Crippen LogP contribution is 2.43. The number of nitrogens with zero attached hydrogens (tertiary/aromatic N) is 2. The molecule has 32 heavy (non-hydrogen) atoms. The summed E-state index contributed by atoms with van der Waals surface area (Å²) in [6.45, 7) is 7.84. The first-order chi connectivity index (χ1) is 15.3. The molecular formula is C25H22N2O3S2. The molecular weight excluding hydrogens is 440 g/mol. The Kier molecular flexibility index (Phi) is 4.98. The molecule has 0 N–H and O–H groups in total. The molecule has 1 unspecified atom stereocenters. The maximum atomic E-state index is 13.7. The van der Waals surface area contributed by atoms with Crippen molar-refractivity contribution in [2.75, 3.05) is 11.2 Å². The Labute approximate surface area is 194 Å². The normalized spacial score (nSPS) is 15.6. The van der Waals surface area contributed by atoms with Crippen LogP contribution in [0.5, 0.6) is 0 Å². The van der Waals surface area contributed by atoms with E-state index in [1.165, 1.54) is 11.3 Å². The number of hydrogen-bond donors (Lipinski definition) is 0. The van der Waals surface area contributed by atoms with Crippen LogP contribution >= 0.6 is 23.1 Å². The predicted molar refractivity (Wildman–Crippen MR) is 130 cm³/mol. The van der Waals surface area contributed by atoms with E-state index >= 15 is 0 Å². The first kappa shape index (κ1) is 21.0. The Hall–Kier alpha value is -2.90. The van der Waals surface area contributed by atoms with Crippen molar-refractivity contribution in [1.82, 2.24) is 4.98 Å². The molecule has 7 heteroatoms. The molecule has 1 amide bonds. The van der Waals surface area contributed by atoms with E-state index in [0.29, 0.717) is 21.7 Å². The maximum Gasteiger partial charge on any atom is 0.297 e. The third-order valence-electron chi connectivity index (χ3n) is 6.14. The van der Waals surface area contributed by atoms with Gasteiger partial charge in [0.05, 0.1) is 22.7 Å². The lowest BCUT2D eigenvalue weighted by atomic mass is 9.97. The van der Waals surface area contributed by atoms with Gasteiger partial charge in [-0.05, 0) is 74.9 Å². The molecule has 2 aromatic carbocycles. The fraction of sp³-hybridized carbons (Fsp3) is 0.240. The van der Waals surface area contributed by atoms with Gasteiger partial charge in [-0.15, -0.1) is 23.1 Å². The second kappa shape index (κ2) is 7.60. The van der Waals surface area contributed by atoms with Gasteiger partial charge in [-0.3, -0.25) is 14.5 Å². The zero-order chi connectivity index (χ0) is 22.7. The summed E-state index contributed by atoms with van der Waals surface area (Å²) in [6.07, 6.45) is 2.02. The molecule has 0 aliphatic carbocycles. The molecule has 0 saturated carbocycles. The summed E-state index contributed by atoms with van der Waals surface area (Å²) in [5.74, 6) is -0.222. The number of rotatable bonds is 3. The van der Waals surface area contributed by atoms with E-state index in [-0.39, 0.29) is 17.1 Å². The van der Waals surface area contributed by atoms with Crippen LogP contribution in [0.25, 0.3) is 11.0 Å². The molecule has 1 aliphatic rings. The predicted octanol–water partition coefficient (Wildman–Crippen LogP) is 5.95. The monoisotopic (exact) mass is 462 g/mol. The van der Waals surface area contributed by atoms with Crippen molar-refractivity contribution in [2.24, 2.45) is 0 Å². The SMILES string of the molecule is CSc1ccc(C2c3c(oc4cc(C)c(C)cc4c3=O)C(=O)N2c2nc(C)c(C)s2)cc1. The lowest BCUT2D eigenvalue weighted by molar-refractivity contribution is 0.0971. The fourth-order valence-electron chi connectivity index (χ4n) is 4.09. The smallest absolute Gasteiger partial charge is 0.297 e. The summed E-state index contributed by atoms with van der Waals surface area (Å²) in [5, 5.41) is 1.07. The topological polar surface area (TPSA) is 63.4 Å². The van der Waals surface area contributed by atoms with E-state index in [2.05, 4.69) is 4.98 Å². The van der Waals surface area contributed by atoms with Crippen LogP contribution in [-0.4, -0.2) is 17.1 Å². The van der Waals surface area contributed by atoms with Crippen LogP contribution in [0.4, 0.5) is 5.13 Å². The van der Waals surface area contributed by atoms with E-state index < -0.39 is 6.04 Å². The second-order valence-corrected chi connectivity index (χ2v) is 10.2. The Morgan fingerprint density at radius 3 is 2.34 bits per heavy atom. The van der Waals surface area contributed by atoms with Gasteiger partial charge in [-0.25, -0.2) is 4.98 Å². The van der Waals surface area contributed by atoms with Crippen molar-refractivity contribution >= 4 is 45.1 Å². The summed E-state index contributed by atoms with van der Waals surface area (Å²) in [7, 11) is 0. The molecule has 3 heterocycles.